The average Bonchev–Trinajstić information content (AvgIpc) is 2.95. The molecule has 1 amide bonds. The monoisotopic (exact) mass is 288 g/mol. The molecular weight excluding hydrogens is 276 g/mol. The summed E-state index contributed by atoms with van der Waals surface area (Å²) in [5.41, 5.74) is 4.17. The van der Waals surface area contributed by atoms with Gasteiger partial charge < -0.3 is 9.88 Å². The summed E-state index contributed by atoms with van der Waals surface area (Å²) in [6.45, 7) is 1.35. The van der Waals surface area contributed by atoms with E-state index in [9.17, 15) is 10.1 Å². The van der Waals surface area contributed by atoms with E-state index in [-0.39, 0.29) is 5.91 Å². The predicted molar refractivity (Wildman–Crippen MR) is 82.2 cm³/mol. The Bertz CT molecular complexity index is 935. The zero-order valence-electron chi connectivity index (χ0n) is 11.7. The van der Waals surface area contributed by atoms with Crippen molar-refractivity contribution in [1.82, 2.24) is 14.9 Å². The standard InChI is InChI=1S/C17H12N4O/c18-10-11-7-13-9-15-17(22)20-5-6-21(15)16(13)14(8-11)12-1-3-19-4-2-12/h1-4,7-9H,5-6H2,(H,20,22). The van der Waals surface area contributed by atoms with Crippen molar-refractivity contribution in [2.24, 2.45) is 0 Å². The van der Waals surface area contributed by atoms with E-state index in [4.69, 9.17) is 0 Å². The quantitative estimate of drug-likeness (QED) is 0.747. The number of carbonyl (C=O) groups is 1. The molecule has 5 heteroatoms. The SMILES string of the molecule is N#Cc1cc(-c2ccncc2)c2c(c1)cc1n2CCNC1=O. The Balaban J connectivity index is 2.10. The zero-order chi connectivity index (χ0) is 15.1. The normalized spacial score (nSPS) is 13.5. The molecule has 2 aromatic heterocycles. The average molecular weight is 288 g/mol. The number of fused-ring (bicyclic) bond motifs is 3. The maximum atomic E-state index is 12.1. The van der Waals surface area contributed by atoms with Crippen LogP contribution in [0.3, 0.4) is 0 Å². The van der Waals surface area contributed by atoms with Gasteiger partial charge in [0.2, 0.25) is 0 Å². The van der Waals surface area contributed by atoms with Gasteiger partial charge in [-0.15, -0.1) is 0 Å². The van der Waals surface area contributed by atoms with Gasteiger partial charge in [-0.25, -0.2) is 0 Å². The van der Waals surface area contributed by atoms with Crippen molar-refractivity contribution >= 4 is 16.8 Å². The number of carbonyl (C=O) groups excluding carboxylic acids is 1. The molecule has 106 valence electrons. The second-order valence-electron chi connectivity index (χ2n) is 5.25. The smallest absolute Gasteiger partial charge is 0.268 e. The number of rotatable bonds is 1. The molecule has 0 saturated heterocycles. The number of aromatic nitrogens is 2. The van der Waals surface area contributed by atoms with E-state index < -0.39 is 0 Å². The van der Waals surface area contributed by atoms with Gasteiger partial charge in [0, 0.05) is 36.4 Å². The van der Waals surface area contributed by atoms with Crippen molar-refractivity contribution in [2.45, 2.75) is 6.54 Å². The Morgan fingerprint density at radius 1 is 1.23 bits per heavy atom. The van der Waals surface area contributed by atoms with Crippen LogP contribution in [0.5, 0.6) is 0 Å². The molecule has 0 atom stereocenters. The van der Waals surface area contributed by atoms with Gasteiger partial charge in [0.1, 0.15) is 5.69 Å². The molecule has 0 unspecified atom stereocenters. The van der Waals surface area contributed by atoms with Gasteiger partial charge >= 0.3 is 0 Å². The van der Waals surface area contributed by atoms with E-state index in [1.807, 2.05) is 34.9 Å². The van der Waals surface area contributed by atoms with Crippen molar-refractivity contribution in [3.8, 4) is 17.2 Å². The number of benzene rings is 1. The van der Waals surface area contributed by atoms with E-state index in [1.165, 1.54) is 0 Å². The van der Waals surface area contributed by atoms with Gasteiger partial charge in [-0.1, -0.05) is 0 Å². The number of nitriles is 1. The van der Waals surface area contributed by atoms with Crippen LogP contribution < -0.4 is 5.32 Å². The molecule has 1 aliphatic rings. The molecule has 0 spiro atoms. The van der Waals surface area contributed by atoms with Crippen LogP contribution in [0.15, 0.2) is 42.7 Å². The first-order valence-corrected chi connectivity index (χ1v) is 7.04. The fourth-order valence-corrected chi connectivity index (χ4v) is 3.02. The van der Waals surface area contributed by atoms with Crippen LogP contribution >= 0.6 is 0 Å². The number of nitrogens with one attached hydrogen (secondary N) is 1. The van der Waals surface area contributed by atoms with Crippen LogP contribution in [0.2, 0.25) is 0 Å². The minimum absolute atomic E-state index is 0.0679. The summed E-state index contributed by atoms with van der Waals surface area (Å²) in [6, 6.07) is 11.6. The molecule has 1 aliphatic heterocycles. The Kier molecular flexibility index (Phi) is 2.70. The predicted octanol–water partition coefficient (Wildman–Crippen LogP) is 2.32. The molecule has 0 radical (unpaired) electrons. The summed E-state index contributed by atoms with van der Waals surface area (Å²) in [4.78, 5) is 16.1. The fraction of sp³-hybridized carbons (Fsp3) is 0.118. The molecule has 0 aliphatic carbocycles. The Morgan fingerprint density at radius 2 is 2.05 bits per heavy atom. The van der Waals surface area contributed by atoms with E-state index in [0.717, 1.165) is 28.6 Å². The first kappa shape index (κ1) is 12.6. The number of nitrogens with zero attached hydrogens (tertiary/aromatic N) is 3. The number of amides is 1. The highest BCUT2D eigenvalue weighted by molar-refractivity contribution is 6.04. The van der Waals surface area contributed by atoms with E-state index in [2.05, 4.69) is 16.4 Å². The van der Waals surface area contributed by atoms with Crippen LogP contribution in [0.4, 0.5) is 0 Å². The van der Waals surface area contributed by atoms with Gasteiger partial charge in [0.05, 0.1) is 17.1 Å². The summed E-state index contributed by atoms with van der Waals surface area (Å²) in [6.07, 6.45) is 3.46. The summed E-state index contributed by atoms with van der Waals surface area (Å²) >= 11 is 0. The molecule has 5 nitrogen and oxygen atoms in total. The van der Waals surface area contributed by atoms with Gasteiger partial charge in [-0.2, -0.15) is 5.26 Å². The van der Waals surface area contributed by atoms with Gasteiger partial charge in [-0.05, 0) is 35.9 Å². The van der Waals surface area contributed by atoms with Crippen molar-refractivity contribution < 1.29 is 4.79 Å². The first-order chi connectivity index (χ1) is 10.8. The lowest BCUT2D eigenvalue weighted by atomic mass is 10.0. The summed E-state index contributed by atoms with van der Waals surface area (Å²) < 4.78 is 2.03. The van der Waals surface area contributed by atoms with Gasteiger partial charge in [0.15, 0.2) is 0 Å². The van der Waals surface area contributed by atoms with E-state index in [0.29, 0.717) is 17.8 Å². The molecule has 3 aromatic rings. The van der Waals surface area contributed by atoms with Crippen LogP contribution in [-0.4, -0.2) is 22.0 Å². The summed E-state index contributed by atoms with van der Waals surface area (Å²) in [7, 11) is 0. The Morgan fingerprint density at radius 3 is 2.82 bits per heavy atom. The molecule has 0 saturated carbocycles. The van der Waals surface area contributed by atoms with Crippen LogP contribution in [-0.2, 0) is 6.54 Å². The number of pyridine rings is 1. The highest BCUT2D eigenvalue weighted by Gasteiger charge is 2.22. The van der Waals surface area contributed by atoms with E-state index in [1.54, 1.807) is 12.4 Å². The first-order valence-electron chi connectivity index (χ1n) is 7.04. The molecule has 3 heterocycles. The largest absolute Gasteiger partial charge is 0.349 e. The molecule has 1 aromatic carbocycles. The molecule has 0 fully saturated rings. The second kappa shape index (κ2) is 4.71. The van der Waals surface area contributed by atoms with Crippen molar-refractivity contribution in [2.75, 3.05) is 6.54 Å². The Labute approximate surface area is 126 Å². The maximum Gasteiger partial charge on any atom is 0.268 e. The minimum Gasteiger partial charge on any atom is -0.349 e. The van der Waals surface area contributed by atoms with Crippen molar-refractivity contribution in [3.63, 3.8) is 0 Å². The minimum atomic E-state index is -0.0679. The topological polar surface area (TPSA) is 70.7 Å². The lowest BCUT2D eigenvalue weighted by molar-refractivity contribution is 0.0929. The molecule has 0 bridgehead atoms. The molecule has 1 N–H and O–H groups in total. The van der Waals surface area contributed by atoms with E-state index >= 15 is 0 Å². The third-order valence-corrected chi connectivity index (χ3v) is 3.97. The van der Waals surface area contributed by atoms with Crippen molar-refractivity contribution in [1.29, 1.82) is 5.26 Å². The second-order valence-corrected chi connectivity index (χ2v) is 5.25. The molecule has 22 heavy (non-hydrogen) atoms. The Hall–Kier alpha value is -3.13. The lowest BCUT2D eigenvalue weighted by Gasteiger charge is -2.18. The van der Waals surface area contributed by atoms with Crippen molar-refractivity contribution in [3.05, 3.63) is 54.0 Å². The van der Waals surface area contributed by atoms with Crippen LogP contribution in [0.1, 0.15) is 16.1 Å². The number of hydrogen-bond donors (Lipinski definition) is 1. The highest BCUT2D eigenvalue weighted by Crippen LogP contribution is 2.33. The number of hydrogen-bond acceptors (Lipinski definition) is 3. The lowest BCUT2D eigenvalue weighted by Crippen LogP contribution is -2.34. The fourth-order valence-electron chi connectivity index (χ4n) is 3.02. The summed E-state index contributed by atoms with van der Waals surface area (Å²) in [5, 5.41) is 13.0. The van der Waals surface area contributed by atoms with Crippen LogP contribution in [0, 0.1) is 11.3 Å². The third kappa shape index (κ3) is 1.78. The van der Waals surface area contributed by atoms with Gasteiger partial charge in [-0.3, -0.25) is 9.78 Å². The van der Waals surface area contributed by atoms with Crippen LogP contribution in [0.25, 0.3) is 22.0 Å². The van der Waals surface area contributed by atoms with Gasteiger partial charge in [0.25, 0.3) is 5.91 Å². The highest BCUT2D eigenvalue weighted by atomic mass is 16.2. The summed E-state index contributed by atoms with van der Waals surface area (Å²) in [5.74, 6) is -0.0679. The third-order valence-electron chi connectivity index (χ3n) is 3.97. The molecule has 4 rings (SSSR count). The molecular formula is C17H12N4O. The maximum absolute atomic E-state index is 12.1. The zero-order valence-corrected chi connectivity index (χ0v) is 11.7.